The molecule has 0 aromatic heterocycles. The fourth-order valence-corrected chi connectivity index (χ4v) is 4.41. The zero-order valence-corrected chi connectivity index (χ0v) is 19.9. The molecule has 1 aromatic carbocycles. The summed E-state index contributed by atoms with van der Waals surface area (Å²) in [5.41, 5.74) is 1.29. The Kier molecular flexibility index (Phi) is 9.50. The van der Waals surface area contributed by atoms with Gasteiger partial charge in [0.2, 0.25) is 10.0 Å². The second kappa shape index (κ2) is 10.6. The van der Waals surface area contributed by atoms with Gasteiger partial charge in [0.15, 0.2) is 5.96 Å². The minimum Gasteiger partial charge on any atom is -0.356 e. The van der Waals surface area contributed by atoms with Gasteiger partial charge in [-0.3, -0.25) is 4.99 Å². The lowest BCUT2D eigenvalue weighted by atomic mass is 9.64. The minimum absolute atomic E-state index is 0. The Labute approximate surface area is 181 Å². The van der Waals surface area contributed by atoms with Gasteiger partial charge in [-0.15, -0.1) is 24.0 Å². The summed E-state index contributed by atoms with van der Waals surface area (Å²) in [5, 5.41) is 6.73. The second-order valence-corrected chi connectivity index (χ2v) is 9.47. The molecule has 0 aliphatic heterocycles. The molecule has 0 saturated heterocycles. The van der Waals surface area contributed by atoms with Crippen LogP contribution in [0.4, 0.5) is 0 Å². The van der Waals surface area contributed by atoms with Crippen molar-refractivity contribution in [1.29, 1.82) is 0 Å². The fourth-order valence-electron chi connectivity index (χ4n) is 3.61. The van der Waals surface area contributed by atoms with Crippen LogP contribution >= 0.6 is 24.0 Å². The zero-order chi connectivity index (χ0) is 19.2. The number of benzene rings is 1. The molecule has 3 N–H and O–H groups in total. The number of halogens is 1. The summed E-state index contributed by atoms with van der Waals surface area (Å²) in [4.78, 5) is 4.57. The highest BCUT2D eigenvalue weighted by Gasteiger charge is 2.37. The number of sulfonamides is 1. The van der Waals surface area contributed by atoms with E-state index in [1.807, 2.05) is 6.07 Å². The topological polar surface area (TPSA) is 82.6 Å². The number of rotatable bonds is 8. The molecule has 1 aromatic rings. The molecule has 6 nitrogen and oxygen atoms in total. The van der Waals surface area contributed by atoms with Crippen LogP contribution in [-0.4, -0.2) is 35.0 Å². The van der Waals surface area contributed by atoms with Crippen LogP contribution in [0, 0.1) is 11.3 Å². The lowest BCUT2D eigenvalue weighted by molar-refractivity contribution is 0.104. The molecule has 0 heterocycles. The van der Waals surface area contributed by atoms with E-state index in [1.165, 1.54) is 32.7 Å². The first-order chi connectivity index (χ1) is 12.3. The number of nitrogens with zero attached hydrogens (tertiary/aromatic N) is 1. The summed E-state index contributed by atoms with van der Waals surface area (Å²) >= 11 is 0. The van der Waals surface area contributed by atoms with Crippen LogP contribution in [0.5, 0.6) is 0 Å². The summed E-state index contributed by atoms with van der Waals surface area (Å²) in [6, 6.07) is 6.93. The van der Waals surface area contributed by atoms with Crippen LogP contribution in [0.2, 0.25) is 0 Å². The molecule has 154 valence electrons. The van der Waals surface area contributed by atoms with Gasteiger partial charge in [0.1, 0.15) is 0 Å². The Morgan fingerprint density at radius 1 is 1.26 bits per heavy atom. The molecule has 0 atom stereocenters. The van der Waals surface area contributed by atoms with Crippen LogP contribution in [0.15, 0.2) is 34.2 Å². The third-order valence-corrected chi connectivity index (χ3v) is 6.46. The van der Waals surface area contributed by atoms with Crippen molar-refractivity contribution < 1.29 is 8.42 Å². The van der Waals surface area contributed by atoms with Crippen molar-refractivity contribution in [3.63, 3.8) is 0 Å². The first kappa shape index (κ1) is 24.2. The normalized spacial score (nSPS) is 16.4. The molecule has 0 unspecified atom stereocenters. The molecular weight excluding hydrogens is 475 g/mol. The van der Waals surface area contributed by atoms with E-state index >= 15 is 0 Å². The molecule has 27 heavy (non-hydrogen) atoms. The lowest BCUT2D eigenvalue weighted by Gasteiger charge is -2.43. The van der Waals surface area contributed by atoms with Crippen LogP contribution in [0.1, 0.15) is 45.1 Å². The molecule has 1 aliphatic rings. The first-order valence-corrected chi connectivity index (χ1v) is 10.8. The number of guanidine groups is 1. The van der Waals surface area contributed by atoms with E-state index in [1.54, 1.807) is 25.2 Å². The van der Waals surface area contributed by atoms with Gasteiger partial charge in [0, 0.05) is 20.1 Å². The highest BCUT2D eigenvalue weighted by atomic mass is 127. The summed E-state index contributed by atoms with van der Waals surface area (Å²) < 4.78 is 26.2. The predicted molar refractivity (Wildman–Crippen MR) is 122 cm³/mol. The summed E-state index contributed by atoms with van der Waals surface area (Å²) in [6.07, 6.45) is 5.10. The maximum Gasteiger partial charge on any atom is 0.240 e. The molecule has 2 rings (SSSR count). The minimum atomic E-state index is -3.43. The van der Waals surface area contributed by atoms with Gasteiger partial charge < -0.3 is 10.6 Å². The summed E-state index contributed by atoms with van der Waals surface area (Å²) in [5.74, 6) is 1.45. The van der Waals surface area contributed by atoms with E-state index in [2.05, 4.69) is 34.2 Å². The van der Waals surface area contributed by atoms with Gasteiger partial charge in [-0.2, -0.15) is 0 Å². The van der Waals surface area contributed by atoms with Crippen LogP contribution < -0.4 is 15.4 Å². The van der Waals surface area contributed by atoms with Crippen molar-refractivity contribution in [2.45, 2.75) is 51.0 Å². The number of aliphatic imine (C=N–C) groups is 1. The van der Waals surface area contributed by atoms with Crippen molar-refractivity contribution in [2.24, 2.45) is 16.3 Å². The van der Waals surface area contributed by atoms with E-state index < -0.39 is 10.0 Å². The monoisotopic (exact) mass is 508 g/mol. The third-order valence-electron chi connectivity index (χ3n) is 5.05. The van der Waals surface area contributed by atoms with Crippen LogP contribution in [-0.2, 0) is 16.6 Å². The van der Waals surface area contributed by atoms with Crippen LogP contribution in [0.25, 0.3) is 0 Å². The van der Waals surface area contributed by atoms with Crippen molar-refractivity contribution >= 4 is 40.0 Å². The van der Waals surface area contributed by atoms with E-state index in [4.69, 9.17) is 0 Å². The van der Waals surface area contributed by atoms with E-state index in [0.717, 1.165) is 18.1 Å². The molecule has 0 bridgehead atoms. The van der Waals surface area contributed by atoms with Gasteiger partial charge in [-0.05, 0) is 55.3 Å². The Hall–Kier alpha value is -0.870. The summed E-state index contributed by atoms with van der Waals surface area (Å²) in [7, 11) is -0.252. The van der Waals surface area contributed by atoms with Gasteiger partial charge in [0.05, 0.1) is 4.90 Å². The van der Waals surface area contributed by atoms with Crippen molar-refractivity contribution in [2.75, 3.05) is 20.6 Å². The molecule has 8 heteroatoms. The Balaban J connectivity index is 0.00000364. The van der Waals surface area contributed by atoms with Gasteiger partial charge in [0.25, 0.3) is 0 Å². The van der Waals surface area contributed by atoms with Crippen molar-refractivity contribution in [3.8, 4) is 0 Å². The third kappa shape index (κ3) is 6.90. The van der Waals surface area contributed by atoms with Crippen molar-refractivity contribution in [3.05, 3.63) is 29.8 Å². The molecular formula is C19H33IN4O2S. The van der Waals surface area contributed by atoms with E-state index in [0.29, 0.717) is 17.9 Å². The standard InChI is InChI=1S/C19H32N4O2S.HI/c1-15(2)12-19(9-6-10-19)14-23-18(20-3)22-13-16-7-5-8-17(11-16)26(24,25)21-4;/h5,7-8,11,15,21H,6,9-10,12-14H2,1-4H3,(H2,20,22,23);1H. The lowest BCUT2D eigenvalue weighted by Crippen LogP contribution is -2.46. The summed E-state index contributed by atoms with van der Waals surface area (Å²) in [6.45, 7) is 6.00. The Morgan fingerprint density at radius 2 is 1.96 bits per heavy atom. The smallest absolute Gasteiger partial charge is 0.240 e. The molecule has 1 aliphatic carbocycles. The predicted octanol–water partition coefficient (Wildman–Crippen LogP) is 3.09. The van der Waals surface area contributed by atoms with Crippen LogP contribution in [0.3, 0.4) is 0 Å². The highest BCUT2D eigenvalue weighted by Crippen LogP contribution is 2.45. The van der Waals surface area contributed by atoms with E-state index in [9.17, 15) is 8.42 Å². The largest absolute Gasteiger partial charge is 0.356 e. The van der Waals surface area contributed by atoms with Gasteiger partial charge >= 0.3 is 0 Å². The number of nitrogens with one attached hydrogen (secondary N) is 3. The maximum absolute atomic E-state index is 11.9. The van der Waals surface area contributed by atoms with E-state index in [-0.39, 0.29) is 28.9 Å². The molecule has 0 radical (unpaired) electrons. The van der Waals surface area contributed by atoms with Crippen molar-refractivity contribution in [1.82, 2.24) is 15.4 Å². The fraction of sp³-hybridized carbons (Fsp3) is 0.632. The first-order valence-electron chi connectivity index (χ1n) is 9.27. The number of hydrogen-bond acceptors (Lipinski definition) is 3. The Morgan fingerprint density at radius 3 is 2.48 bits per heavy atom. The SMILES string of the molecule is CN=C(NCc1cccc(S(=O)(=O)NC)c1)NCC1(CC(C)C)CCC1.I. The maximum atomic E-state index is 11.9. The number of hydrogen-bond donors (Lipinski definition) is 3. The second-order valence-electron chi connectivity index (χ2n) is 7.59. The molecule has 0 amide bonds. The zero-order valence-electron chi connectivity index (χ0n) is 16.7. The molecule has 0 spiro atoms. The average Bonchev–Trinajstić information content (AvgIpc) is 2.59. The van der Waals surface area contributed by atoms with Gasteiger partial charge in [-0.1, -0.05) is 32.4 Å². The highest BCUT2D eigenvalue weighted by molar-refractivity contribution is 14.0. The molecule has 1 saturated carbocycles. The molecule has 1 fully saturated rings. The van der Waals surface area contributed by atoms with Gasteiger partial charge in [-0.25, -0.2) is 13.1 Å². The quantitative estimate of drug-likeness (QED) is 0.287. The average molecular weight is 508 g/mol. The Bertz CT molecular complexity index is 731.